The van der Waals surface area contributed by atoms with E-state index in [1.54, 1.807) is 12.1 Å². The van der Waals surface area contributed by atoms with Crippen LogP contribution < -0.4 is 15.2 Å². The first-order valence-corrected chi connectivity index (χ1v) is 5.06. The molecule has 1 aromatic carbocycles. The smallest absolute Gasteiger partial charge is 0.222 e. The van der Waals surface area contributed by atoms with Gasteiger partial charge in [0, 0.05) is 11.6 Å². The van der Waals surface area contributed by atoms with Crippen molar-refractivity contribution in [2.75, 3.05) is 18.9 Å². The maximum absolute atomic E-state index is 13.5. The van der Waals surface area contributed by atoms with E-state index in [1.807, 2.05) is 0 Å². The van der Waals surface area contributed by atoms with Gasteiger partial charge in [0.25, 0.3) is 0 Å². The third-order valence-electron chi connectivity index (χ3n) is 2.44. The Morgan fingerprint density at radius 3 is 2.65 bits per heavy atom. The molecule has 0 spiro atoms. The standard InChI is InChI=1S/C11H9FN2O3/c12-7-2-1-6(8-5-9(13)17-14-8)10-11(7)16-4-3-15-10/h1-2,5H,3-4,13H2. The molecule has 0 aliphatic carbocycles. The number of aromatic nitrogens is 1. The number of ether oxygens (including phenoxy) is 2. The minimum atomic E-state index is -0.458. The van der Waals surface area contributed by atoms with Crippen molar-refractivity contribution in [3.63, 3.8) is 0 Å². The zero-order valence-electron chi connectivity index (χ0n) is 8.77. The molecule has 2 aromatic rings. The molecule has 0 saturated carbocycles. The van der Waals surface area contributed by atoms with E-state index in [9.17, 15) is 4.39 Å². The third kappa shape index (κ3) is 1.57. The molecule has 3 rings (SSSR count). The maximum Gasteiger partial charge on any atom is 0.222 e. The molecule has 5 nitrogen and oxygen atoms in total. The van der Waals surface area contributed by atoms with Gasteiger partial charge in [-0.2, -0.15) is 0 Å². The number of benzene rings is 1. The quantitative estimate of drug-likeness (QED) is 0.817. The molecule has 2 heterocycles. The molecule has 17 heavy (non-hydrogen) atoms. The molecule has 0 amide bonds. The number of fused-ring (bicyclic) bond motifs is 1. The zero-order valence-corrected chi connectivity index (χ0v) is 8.77. The summed E-state index contributed by atoms with van der Waals surface area (Å²) in [6.07, 6.45) is 0. The van der Waals surface area contributed by atoms with Gasteiger partial charge in [0.1, 0.15) is 18.9 Å². The van der Waals surface area contributed by atoms with E-state index in [-0.39, 0.29) is 11.6 Å². The lowest BCUT2D eigenvalue weighted by Gasteiger charge is -2.20. The van der Waals surface area contributed by atoms with Crippen LogP contribution in [0.2, 0.25) is 0 Å². The van der Waals surface area contributed by atoms with Crippen molar-refractivity contribution in [3.05, 3.63) is 24.0 Å². The number of nitrogens with two attached hydrogens (primary N) is 1. The minimum Gasteiger partial charge on any atom is -0.485 e. The van der Waals surface area contributed by atoms with E-state index in [0.29, 0.717) is 30.2 Å². The summed E-state index contributed by atoms with van der Waals surface area (Å²) >= 11 is 0. The fourth-order valence-electron chi connectivity index (χ4n) is 1.72. The zero-order chi connectivity index (χ0) is 11.8. The summed E-state index contributed by atoms with van der Waals surface area (Å²) in [5, 5.41) is 3.77. The largest absolute Gasteiger partial charge is 0.485 e. The summed E-state index contributed by atoms with van der Waals surface area (Å²) in [7, 11) is 0. The summed E-state index contributed by atoms with van der Waals surface area (Å²) in [6.45, 7) is 0.700. The summed E-state index contributed by atoms with van der Waals surface area (Å²) in [4.78, 5) is 0. The Balaban J connectivity index is 2.17. The first-order valence-electron chi connectivity index (χ1n) is 5.06. The average molecular weight is 236 g/mol. The van der Waals surface area contributed by atoms with Gasteiger partial charge in [-0.15, -0.1) is 0 Å². The van der Waals surface area contributed by atoms with Crippen LogP contribution in [0, 0.1) is 5.82 Å². The Morgan fingerprint density at radius 2 is 1.94 bits per heavy atom. The van der Waals surface area contributed by atoms with Crippen molar-refractivity contribution in [1.82, 2.24) is 5.16 Å². The van der Waals surface area contributed by atoms with Gasteiger partial charge in [-0.1, -0.05) is 5.16 Å². The first kappa shape index (κ1) is 9.95. The minimum absolute atomic E-state index is 0.107. The van der Waals surface area contributed by atoms with Crippen molar-refractivity contribution in [3.8, 4) is 22.8 Å². The number of nitrogens with zero attached hydrogens (tertiary/aromatic N) is 1. The SMILES string of the molecule is Nc1cc(-c2ccc(F)c3c2OCCO3)no1. The number of rotatable bonds is 1. The Morgan fingerprint density at radius 1 is 1.18 bits per heavy atom. The van der Waals surface area contributed by atoms with Gasteiger partial charge in [0.05, 0.1) is 0 Å². The van der Waals surface area contributed by atoms with E-state index in [2.05, 4.69) is 5.16 Å². The van der Waals surface area contributed by atoms with Crippen molar-refractivity contribution in [2.45, 2.75) is 0 Å². The topological polar surface area (TPSA) is 70.5 Å². The fraction of sp³-hybridized carbons (Fsp3) is 0.182. The number of nitrogen functional groups attached to an aromatic ring is 1. The van der Waals surface area contributed by atoms with Gasteiger partial charge in [-0.3, -0.25) is 0 Å². The Hall–Kier alpha value is -2.24. The van der Waals surface area contributed by atoms with Crippen LogP contribution in [0.3, 0.4) is 0 Å². The molecular formula is C11H9FN2O3. The van der Waals surface area contributed by atoms with Gasteiger partial charge < -0.3 is 19.7 Å². The molecule has 1 aliphatic rings. The van der Waals surface area contributed by atoms with Crippen LogP contribution in [0.1, 0.15) is 0 Å². The maximum atomic E-state index is 13.5. The highest BCUT2D eigenvalue weighted by atomic mass is 19.1. The lowest BCUT2D eigenvalue weighted by atomic mass is 10.1. The Bertz CT molecular complexity index is 568. The van der Waals surface area contributed by atoms with Crippen LogP contribution in [0.4, 0.5) is 10.3 Å². The highest BCUT2D eigenvalue weighted by Gasteiger charge is 2.22. The van der Waals surface area contributed by atoms with E-state index in [4.69, 9.17) is 19.7 Å². The number of hydrogen-bond donors (Lipinski definition) is 1. The van der Waals surface area contributed by atoms with Crippen molar-refractivity contribution < 1.29 is 18.4 Å². The van der Waals surface area contributed by atoms with Gasteiger partial charge in [0.15, 0.2) is 17.3 Å². The van der Waals surface area contributed by atoms with Crippen molar-refractivity contribution in [1.29, 1.82) is 0 Å². The predicted octanol–water partition coefficient (Wildman–Crippen LogP) is 1.83. The molecule has 0 radical (unpaired) electrons. The molecule has 0 bridgehead atoms. The molecule has 0 atom stereocenters. The van der Waals surface area contributed by atoms with Gasteiger partial charge in [0.2, 0.25) is 5.88 Å². The summed E-state index contributed by atoms with van der Waals surface area (Å²) in [6, 6.07) is 4.40. The van der Waals surface area contributed by atoms with Crippen molar-refractivity contribution >= 4 is 5.88 Å². The monoisotopic (exact) mass is 236 g/mol. The Labute approximate surface area is 95.9 Å². The molecule has 2 N–H and O–H groups in total. The van der Waals surface area contributed by atoms with E-state index in [1.165, 1.54) is 6.07 Å². The summed E-state index contributed by atoms with van der Waals surface area (Å²) in [5.41, 5.74) is 6.54. The van der Waals surface area contributed by atoms with E-state index < -0.39 is 5.82 Å². The molecule has 6 heteroatoms. The molecule has 0 fully saturated rings. The van der Waals surface area contributed by atoms with Crippen LogP contribution in [-0.2, 0) is 0 Å². The second-order valence-corrected chi connectivity index (χ2v) is 3.56. The molecule has 1 aliphatic heterocycles. The lowest BCUT2D eigenvalue weighted by molar-refractivity contribution is 0.165. The van der Waals surface area contributed by atoms with Crippen LogP contribution in [0.5, 0.6) is 11.5 Å². The van der Waals surface area contributed by atoms with Crippen LogP contribution in [0.15, 0.2) is 22.7 Å². The predicted molar refractivity (Wildman–Crippen MR) is 57.3 cm³/mol. The highest BCUT2D eigenvalue weighted by molar-refractivity contribution is 5.72. The van der Waals surface area contributed by atoms with Crippen LogP contribution in [-0.4, -0.2) is 18.4 Å². The summed E-state index contributed by atoms with van der Waals surface area (Å²) < 4.78 is 28.9. The number of halogens is 1. The molecular weight excluding hydrogens is 227 g/mol. The molecule has 0 saturated heterocycles. The number of hydrogen-bond acceptors (Lipinski definition) is 5. The van der Waals surface area contributed by atoms with Gasteiger partial charge >= 0.3 is 0 Å². The molecule has 1 aromatic heterocycles. The molecule has 0 unspecified atom stereocenters. The second-order valence-electron chi connectivity index (χ2n) is 3.56. The second kappa shape index (κ2) is 3.65. The van der Waals surface area contributed by atoms with Crippen molar-refractivity contribution in [2.24, 2.45) is 0 Å². The Kier molecular flexibility index (Phi) is 2.14. The van der Waals surface area contributed by atoms with Crippen LogP contribution >= 0.6 is 0 Å². The fourth-order valence-corrected chi connectivity index (χ4v) is 1.72. The molecule has 88 valence electrons. The average Bonchev–Trinajstić information content (AvgIpc) is 2.77. The van der Waals surface area contributed by atoms with Gasteiger partial charge in [-0.05, 0) is 12.1 Å². The van der Waals surface area contributed by atoms with E-state index >= 15 is 0 Å². The number of anilines is 1. The normalized spacial score (nSPS) is 13.7. The van der Waals surface area contributed by atoms with Crippen LogP contribution in [0.25, 0.3) is 11.3 Å². The summed E-state index contributed by atoms with van der Waals surface area (Å²) in [5.74, 6) is 0.176. The third-order valence-corrected chi connectivity index (χ3v) is 2.44. The first-order chi connectivity index (χ1) is 8.25. The van der Waals surface area contributed by atoms with Gasteiger partial charge in [-0.25, -0.2) is 4.39 Å². The highest BCUT2D eigenvalue weighted by Crippen LogP contribution is 2.41. The lowest BCUT2D eigenvalue weighted by Crippen LogP contribution is -2.17. The van der Waals surface area contributed by atoms with E-state index in [0.717, 1.165) is 0 Å².